The lowest BCUT2D eigenvalue weighted by atomic mass is 9.84. The Kier molecular flexibility index (Phi) is 5.62. The van der Waals surface area contributed by atoms with Crippen molar-refractivity contribution in [1.29, 1.82) is 5.26 Å². The lowest BCUT2D eigenvalue weighted by molar-refractivity contribution is 0.235. The average molecular weight is 396 g/mol. The number of hydrogen-bond donors (Lipinski definition) is 2. The van der Waals surface area contributed by atoms with Crippen molar-refractivity contribution in [1.82, 2.24) is 10.6 Å². The van der Waals surface area contributed by atoms with Crippen molar-refractivity contribution < 1.29 is 9.53 Å². The number of amides is 2. The van der Waals surface area contributed by atoms with Gasteiger partial charge in [0.05, 0.1) is 17.7 Å². The number of allylic oxidation sites excluding steroid dienone is 1. The molecule has 5 nitrogen and oxygen atoms in total. The van der Waals surface area contributed by atoms with Gasteiger partial charge in [0.1, 0.15) is 12.4 Å². The van der Waals surface area contributed by atoms with Gasteiger partial charge in [-0.25, -0.2) is 4.79 Å². The van der Waals surface area contributed by atoms with E-state index in [9.17, 15) is 10.1 Å². The molecule has 1 aliphatic heterocycles. The van der Waals surface area contributed by atoms with Gasteiger partial charge in [-0.2, -0.15) is 5.26 Å². The Morgan fingerprint density at radius 2 is 1.82 bits per heavy atom. The lowest BCUT2D eigenvalue weighted by Crippen LogP contribution is -2.46. The minimum Gasteiger partial charge on any atom is -0.489 e. The molecule has 0 aromatic heterocycles. The maximum atomic E-state index is 12.1. The van der Waals surface area contributed by atoms with Crippen LogP contribution < -0.4 is 15.4 Å². The second-order valence-corrected chi connectivity index (χ2v) is 8.04. The highest BCUT2D eigenvalue weighted by Crippen LogP contribution is 2.34. The predicted molar refractivity (Wildman–Crippen MR) is 109 cm³/mol. The molecule has 144 valence electrons. The third-order valence-electron chi connectivity index (χ3n) is 4.51. The Balaban J connectivity index is 1.81. The Morgan fingerprint density at radius 3 is 2.43 bits per heavy atom. The third kappa shape index (κ3) is 4.29. The van der Waals surface area contributed by atoms with Crippen LogP contribution in [-0.4, -0.2) is 6.03 Å². The molecule has 0 bridgehead atoms. The zero-order chi connectivity index (χ0) is 20.3. The van der Waals surface area contributed by atoms with Gasteiger partial charge in [-0.15, -0.1) is 0 Å². The van der Waals surface area contributed by atoms with E-state index in [0.29, 0.717) is 28.6 Å². The molecule has 0 spiro atoms. The molecular weight excluding hydrogens is 374 g/mol. The first kappa shape index (κ1) is 19.8. The SMILES string of the molecule is CC(C)(C)C1=C(C#N)[C@@H](c2ccc(OCc3ccccc3Cl)cc2)NC(=O)N1. The first-order valence-electron chi connectivity index (χ1n) is 8.98. The monoisotopic (exact) mass is 395 g/mol. The highest BCUT2D eigenvalue weighted by atomic mass is 35.5. The smallest absolute Gasteiger partial charge is 0.319 e. The van der Waals surface area contributed by atoms with Crippen LogP contribution in [0.15, 0.2) is 59.8 Å². The van der Waals surface area contributed by atoms with E-state index >= 15 is 0 Å². The van der Waals surface area contributed by atoms with Crippen molar-refractivity contribution in [3.8, 4) is 11.8 Å². The Bertz CT molecular complexity index is 953. The van der Waals surface area contributed by atoms with E-state index in [2.05, 4.69) is 16.7 Å². The number of nitrogens with one attached hydrogen (secondary N) is 2. The molecule has 28 heavy (non-hydrogen) atoms. The van der Waals surface area contributed by atoms with Gasteiger partial charge >= 0.3 is 6.03 Å². The number of nitrogens with zero attached hydrogens (tertiary/aromatic N) is 1. The van der Waals surface area contributed by atoms with E-state index in [-0.39, 0.29) is 11.4 Å². The largest absolute Gasteiger partial charge is 0.489 e. The number of carbonyl (C=O) groups is 1. The molecule has 1 atom stereocenters. The summed E-state index contributed by atoms with van der Waals surface area (Å²) in [5, 5.41) is 16.0. The van der Waals surface area contributed by atoms with Crippen molar-refractivity contribution in [2.45, 2.75) is 33.4 Å². The van der Waals surface area contributed by atoms with Crippen LogP contribution in [0.1, 0.15) is 37.9 Å². The van der Waals surface area contributed by atoms with Gasteiger partial charge in [-0.3, -0.25) is 0 Å². The van der Waals surface area contributed by atoms with E-state index in [1.807, 2.05) is 69.3 Å². The van der Waals surface area contributed by atoms with Crippen LogP contribution in [-0.2, 0) is 6.61 Å². The second kappa shape index (κ2) is 7.95. The van der Waals surface area contributed by atoms with Crippen molar-refractivity contribution in [2.24, 2.45) is 5.41 Å². The summed E-state index contributed by atoms with van der Waals surface area (Å²) in [7, 11) is 0. The molecule has 0 unspecified atom stereocenters. The second-order valence-electron chi connectivity index (χ2n) is 7.63. The molecular formula is C22H22ClN3O2. The topological polar surface area (TPSA) is 74.1 Å². The zero-order valence-electron chi connectivity index (χ0n) is 16.0. The standard InChI is InChI=1S/C22H22ClN3O2/c1-22(2,3)20-17(12-24)19(25-21(27)26-20)14-8-10-16(11-9-14)28-13-15-6-4-5-7-18(15)23/h4-11,19H,13H2,1-3H3,(H2,25,26,27)/t19-/m1/s1. The lowest BCUT2D eigenvalue weighted by Gasteiger charge is -2.33. The average Bonchev–Trinajstić information content (AvgIpc) is 2.66. The molecule has 1 heterocycles. The number of rotatable bonds is 4. The quantitative estimate of drug-likeness (QED) is 0.756. The summed E-state index contributed by atoms with van der Waals surface area (Å²) in [5.74, 6) is 0.683. The van der Waals surface area contributed by atoms with Gasteiger partial charge in [0.15, 0.2) is 0 Å². The summed E-state index contributed by atoms with van der Waals surface area (Å²) in [6.45, 7) is 6.26. The van der Waals surface area contributed by atoms with Crippen LogP contribution in [0, 0.1) is 16.7 Å². The summed E-state index contributed by atoms with van der Waals surface area (Å²) in [6.07, 6.45) is 0. The third-order valence-corrected chi connectivity index (χ3v) is 4.88. The van der Waals surface area contributed by atoms with Gasteiger partial charge in [-0.05, 0) is 23.8 Å². The summed E-state index contributed by atoms with van der Waals surface area (Å²) < 4.78 is 5.80. The van der Waals surface area contributed by atoms with Crippen LogP contribution in [0.5, 0.6) is 5.75 Å². The zero-order valence-corrected chi connectivity index (χ0v) is 16.8. The van der Waals surface area contributed by atoms with Crippen molar-refractivity contribution >= 4 is 17.6 Å². The minimum absolute atomic E-state index is 0.312. The molecule has 3 rings (SSSR count). The predicted octanol–water partition coefficient (Wildman–Crippen LogP) is 5.10. The fourth-order valence-corrected chi connectivity index (χ4v) is 3.25. The van der Waals surface area contributed by atoms with Gasteiger partial charge in [-0.1, -0.05) is 62.7 Å². The van der Waals surface area contributed by atoms with Crippen molar-refractivity contribution in [3.63, 3.8) is 0 Å². The van der Waals surface area contributed by atoms with E-state index < -0.39 is 6.04 Å². The Labute approximate surface area is 170 Å². The molecule has 2 aromatic carbocycles. The van der Waals surface area contributed by atoms with Crippen LogP contribution in [0.25, 0.3) is 0 Å². The first-order chi connectivity index (χ1) is 13.3. The molecule has 0 radical (unpaired) electrons. The molecule has 2 aromatic rings. The highest BCUT2D eigenvalue weighted by molar-refractivity contribution is 6.31. The number of carbonyl (C=O) groups excluding carboxylic acids is 1. The number of nitriles is 1. The van der Waals surface area contributed by atoms with E-state index in [0.717, 1.165) is 11.1 Å². The van der Waals surface area contributed by atoms with Gasteiger partial charge in [0, 0.05) is 21.7 Å². The summed E-state index contributed by atoms with van der Waals surface area (Å²) in [4.78, 5) is 12.1. The molecule has 2 N–H and O–H groups in total. The number of hydrogen-bond acceptors (Lipinski definition) is 3. The van der Waals surface area contributed by atoms with Crippen LogP contribution in [0.4, 0.5) is 4.79 Å². The number of urea groups is 1. The molecule has 0 aliphatic carbocycles. The van der Waals surface area contributed by atoms with Crippen molar-refractivity contribution in [3.05, 3.63) is 76.0 Å². The maximum Gasteiger partial charge on any atom is 0.319 e. The van der Waals surface area contributed by atoms with E-state index in [4.69, 9.17) is 16.3 Å². The van der Waals surface area contributed by atoms with Crippen molar-refractivity contribution in [2.75, 3.05) is 0 Å². The van der Waals surface area contributed by atoms with Gasteiger partial charge in [0.2, 0.25) is 0 Å². The first-order valence-corrected chi connectivity index (χ1v) is 9.36. The summed E-state index contributed by atoms with van der Waals surface area (Å²) in [6, 6.07) is 16.3. The van der Waals surface area contributed by atoms with Gasteiger partial charge in [0.25, 0.3) is 0 Å². The fraction of sp³-hybridized carbons (Fsp3) is 0.273. The number of ether oxygens (including phenoxy) is 1. The van der Waals surface area contributed by atoms with E-state index in [1.54, 1.807) is 0 Å². The molecule has 0 saturated carbocycles. The maximum absolute atomic E-state index is 12.1. The van der Waals surface area contributed by atoms with Gasteiger partial charge < -0.3 is 15.4 Å². The molecule has 0 saturated heterocycles. The van der Waals surface area contributed by atoms with Crippen LogP contribution >= 0.6 is 11.6 Å². The Hall–Kier alpha value is -2.97. The highest BCUT2D eigenvalue weighted by Gasteiger charge is 2.33. The fourth-order valence-electron chi connectivity index (χ4n) is 3.06. The molecule has 0 fully saturated rings. The molecule has 2 amide bonds. The Morgan fingerprint density at radius 1 is 1.14 bits per heavy atom. The van der Waals surface area contributed by atoms with Crippen LogP contribution in [0.3, 0.4) is 0 Å². The number of benzene rings is 2. The van der Waals surface area contributed by atoms with Crippen LogP contribution in [0.2, 0.25) is 5.02 Å². The normalized spacial score (nSPS) is 16.8. The molecule has 6 heteroatoms. The summed E-state index contributed by atoms with van der Waals surface area (Å²) in [5.41, 5.74) is 2.53. The minimum atomic E-state index is -0.495. The van der Waals surface area contributed by atoms with E-state index in [1.165, 1.54) is 0 Å². The number of halogens is 1. The summed E-state index contributed by atoms with van der Waals surface area (Å²) >= 11 is 6.15. The molecule has 1 aliphatic rings.